The number of halogens is 2. The molecule has 31 heavy (non-hydrogen) atoms. The minimum Gasteiger partial charge on any atom is -0.350 e. The Morgan fingerprint density at radius 1 is 0.806 bits per heavy atom. The normalized spacial score (nSPS) is 14.0. The molecule has 156 valence electrons. The van der Waals surface area contributed by atoms with Gasteiger partial charge in [0.15, 0.2) is 0 Å². The second kappa shape index (κ2) is 8.58. The number of hydrogen-bond donors (Lipinski definition) is 1. The summed E-state index contributed by atoms with van der Waals surface area (Å²) in [4.78, 5) is 27.9. The molecule has 0 spiro atoms. The molecular formula is C25H20Cl2N2O2. The SMILES string of the molecule is CC(C)c1ccc(NC2=C(c3ccccc3)C(=O)N(c3cccc(Cl)c3Cl)C2=O)cc1. The Hall–Kier alpha value is -3.08. The van der Waals surface area contributed by atoms with E-state index in [2.05, 4.69) is 19.2 Å². The summed E-state index contributed by atoms with van der Waals surface area (Å²) in [6.07, 6.45) is 0. The van der Waals surface area contributed by atoms with Gasteiger partial charge in [0.25, 0.3) is 11.8 Å². The molecule has 0 saturated carbocycles. The van der Waals surface area contributed by atoms with E-state index >= 15 is 0 Å². The second-order valence-electron chi connectivity index (χ2n) is 7.54. The summed E-state index contributed by atoms with van der Waals surface area (Å²) in [5.74, 6) is -0.550. The molecule has 0 unspecified atom stereocenters. The molecule has 0 saturated heterocycles. The molecule has 1 aliphatic rings. The van der Waals surface area contributed by atoms with Crippen LogP contribution in [0.1, 0.15) is 30.9 Å². The molecule has 1 heterocycles. The van der Waals surface area contributed by atoms with Crippen molar-refractivity contribution in [3.8, 4) is 0 Å². The molecule has 3 aromatic rings. The van der Waals surface area contributed by atoms with Crippen molar-refractivity contribution >= 4 is 52.0 Å². The van der Waals surface area contributed by atoms with Crippen LogP contribution in [0.2, 0.25) is 10.0 Å². The van der Waals surface area contributed by atoms with Gasteiger partial charge < -0.3 is 5.32 Å². The first-order chi connectivity index (χ1) is 14.9. The second-order valence-corrected chi connectivity index (χ2v) is 8.32. The van der Waals surface area contributed by atoms with Crippen LogP contribution in [-0.4, -0.2) is 11.8 Å². The molecule has 1 aliphatic heterocycles. The summed E-state index contributed by atoms with van der Waals surface area (Å²) in [7, 11) is 0. The fourth-order valence-corrected chi connectivity index (χ4v) is 3.88. The fraction of sp³-hybridized carbons (Fsp3) is 0.120. The molecule has 0 aromatic heterocycles. The molecule has 0 radical (unpaired) electrons. The van der Waals surface area contributed by atoms with Crippen LogP contribution in [0.5, 0.6) is 0 Å². The van der Waals surface area contributed by atoms with E-state index in [0.717, 1.165) is 4.90 Å². The maximum atomic E-state index is 13.4. The first kappa shape index (κ1) is 21.2. The number of benzene rings is 3. The first-order valence-corrected chi connectivity index (χ1v) is 10.6. The summed E-state index contributed by atoms with van der Waals surface area (Å²) in [6.45, 7) is 4.23. The number of rotatable bonds is 5. The third-order valence-electron chi connectivity index (χ3n) is 5.17. The maximum absolute atomic E-state index is 13.4. The van der Waals surface area contributed by atoms with Crippen molar-refractivity contribution < 1.29 is 9.59 Å². The van der Waals surface area contributed by atoms with Gasteiger partial charge in [-0.05, 0) is 41.3 Å². The lowest BCUT2D eigenvalue weighted by Gasteiger charge is -2.17. The molecule has 2 amide bonds. The van der Waals surface area contributed by atoms with Crippen LogP contribution in [0.3, 0.4) is 0 Å². The zero-order valence-corrected chi connectivity index (χ0v) is 18.5. The van der Waals surface area contributed by atoms with Crippen LogP contribution in [0, 0.1) is 0 Å². The summed E-state index contributed by atoms with van der Waals surface area (Å²) >= 11 is 12.5. The van der Waals surface area contributed by atoms with E-state index < -0.39 is 11.8 Å². The molecule has 0 fully saturated rings. The molecule has 6 heteroatoms. The van der Waals surface area contributed by atoms with Gasteiger partial charge in [0.1, 0.15) is 5.70 Å². The number of hydrogen-bond acceptors (Lipinski definition) is 3. The van der Waals surface area contributed by atoms with Gasteiger partial charge in [-0.15, -0.1) is 0 Å². The predicted octanol–water partition coefficient (Wildman–Crippen LogP) is 6.51. The Labute approximate surface area is 191 Å². The Kier molecular flexibility index (Phi) is 5.86. The lowest BCUT2D eigenvalue weighted by molar-refractivity contribution is -0.120. The topological polar surface area (TPSA) is 49.4 Å². The van der Waals surface area contributed by atoms with Gasteiger partial charge in [0.2, 0.25) is 0 Å². The molecule has 3 aromatic carbocycles. The average molecular weight is 451 g/mol. The van der Waals surface area contributed by atoms with Gasteiger partial charge in [-0.25, -0.2) is 4.90 Å². The van der Waals surface area contributed by atoms with Crippen molar-refractivity contribution in [3.63, 3.8) is 0 Å². The zero-order valence-electron chi connectivity index (χ0n) is 17.0. The zero-order chi connectivity index (χ0) is 22.1. The monoisotopic (exact) mass is 450 g/mol. The molecule has 0 atom stereocenters. The Balaban J connectivity index is 1.80. The van der Waals surface area contributed by atoms with Crippen LogP contribution in [-0.2, 0) is 9.59 Å². The third kappa shape index (κ3) is 3.97. The number of carbonyl (C=O) groups is 2. The Bertz CT molecular complexity index is 1190. The van der Waals surface area contributed by atoms with Gasteiger partial charge in [-0.3, -0.25) is 9.59 Å². The van der Waals surface area contributed by atoms with Crippen LogP contribution in [0.25, 0.3) is 5.57 Å². The number of amides is 2. The summed E-state index contributed by atoms with van der Waals surface area (Å²) in [6, 6.07) is 21.8. The number of carbonyl (C=O) groups excluding carboxylic acids is 2. The smallest absolute Gasteiger partial charge is 0.282 e. The van der Waals surface area contributed by atoms with Crippen LogP contribution in [0.4, 0.5) is 11.4 Å². The summed E-state index contributed by atoms with van der Waals surface area (Å²) in [5.41, 5.74) is 3.28. The van der Waals surface area contributed by atoms with Crippen molar-refractivity contribution in [3.05, 3.63) is 99.7 Å². The maximum Gasteiger partial charge on any atom is 0.282 e. The number of anilines is 2. The largest absolute Gasteiger partial charge is 0.350 e. The number of nitrogens with zero attached hydrogens (tertiary/aromatic N) is 1. The quantitative estimate of drug-likeness (QED) is 0.450. The van der Waals surface area contributed by atoms with Crippen molar-refractivity contribution in [2.24, 2.45) is 0 Å². The van der Waals surface area contributed by atoms with Gasteiger partial charge >= 0.3 is 0 Å². The molecule has 0 aliphatic carbocycles. The van der Waals surface area contributed by atoms with E-state index in [0.29, 0.717) is 17.2 Å². The lowest BCUT2D eigenvalue weighted by atomic mass is 10.0. The van der Waals surface area contributed by atoms with Gasteiger partial charge in [0, 0.05) is 5.69 Å². The minimum atomic E-state index is -0.485. The number of nitrogens with one attached hydrogen (secondary N) is 1. The average Bonchev–Trinajstić information content (AvgIpc) is 3.00. The summed E-state index contributed by atoms with van der Waals surface area (Å²) in [5, 5.41) is 3.58. The van der Waals surface area contributed by atoms with E-state index in [1.54, 1.807) is 30.3 Å². The Morgan fingerprint density at radius 2 is 1.48 bits per heavy atom. The molecule has 0 bridgehead atoms. The van der Waals surface area contributed by atoms with Crippen LogP contribution >= 0.6 is 23.2 Å². The van der Waals surface area contributed by atoms with E-state index in [9.17, 15) is 9.59 Å². The minimum absolute atomic E-state index is 0.154. The summed E-state index contributed by atoms with van der Waals surface area (Å²) < 4.78 is 0. The third-order valence-corrected chi connectivity index (χ3v) is 5.97. The molecular weight excluding hydrogens is 431 g/mol. The first-order valence-electron chi connectivity index (χ1n) is 9.88. The van der Waals surface area contributed by atoms with Crippen LogP contribution < -0.4 is 10.2 Å². The highest BCUT2D eigenvalue weighted by Gasteiger charge is 2.41. The fourth-order valence-electron chi connectivity index (χ4n) is 3.50. The van der Waals surface area contributed by atoms with E-state index in [-0.39, 0.29) is 27.0 Å². The van der Waals surface area contributed by atoms with Gasteiger partial charge in [0.05, 0.1) is 21.3 Å². The van der Waals surface area contributed by atoms with E-state index in [4.69, 9.17) is 23.2 Å². The van der Waals surface area contributed by atoms with Crippen LogP contribution in [0.15, 0.2) is 78.5 Å². The van der Waals surface area contributed by atoms with Gasteiger partial charge in [-0.1, -0.05) is 85.6 Å². The van der Waals surface area contributed by atoms with E-state index in [1.165, 1.54) is 5.56 Å². The van der Waals surface area contributed by atoms with E-state index in [1.807, 2.05) is 42.5 Å². The number of imide groups is 1. The van der Waals surface area contributed by atoms with Crippen molar-refractivity contribution in [2.45, 2.75) is 19.8 Å². The van der Waals surface area contributed by atoms with Crippen molar-refractivity contribution in [1.29, 1.82) is 0 Å². The lowest BCUT2D eigenvalue weighted by Crippen LogP contribution is -2.32. The molecule has 4 nitrogen and oxygen atoms in total. The molecule has 4 rings (SSSR count). The Morgan fingerprint density at radius 3 is 2.13 bits per heavy atom. The van der Waals surface area contributed by atoms with Gasteiger partial charge in [-0.2, -0.15) is 0 Å². The standard InChI is InChI=1S/C25H20Cl2N2O2/c1-15(2)16-11-13-18(14-12-16)28-23-21(17-7-4-3-5-8-17)24(30)29(25(23)31)20-10-6-9-19(26)22(20)27/h3-15,28H,1-2H3. The highest BCUT2D eigenvalue weighted by molar-refractivity contribution is 6.50. The highest BCUT2D eigenvalue weighted by Crippen LogP contribution is 2.39. The molecule has 1 N–H and O–H groups in total. The highest BCUT2D eigenvalue weighted by atomic mass is 35.5. The van der Waals surface area contributed by atoms with Crippen molar-refractivity contribution in [2.75, 3.05) is 10.2 Å². The van der Waals surface area contributed by atoms with Crippen molar-refractivity contribution in [1.82, 2.24) is 0 Å². The predicted molar refractivity (Wildman–Crippen MR) is 126 cm³/mol.